The molecule has 4 aromatic rings. The van der Waals surface area contributed by atoms with E-state index in [9.17, 15) is 13.2 Å². The summed E-state index contributed by atoms with van der Waals surface area (Å²) in [5, 5.41) is 1.13. The number of nitrogens with zero attached hydrogens (tertiary/aromatic N) is 1. The van der Waals surface area contributed by atoms with Gasteiger partial charge in [0.25, 0.3) is 0 Å². The molecule has 2 N–H and O–H groups in total. The Bertz CT molecular complexity index is 1150. The highest BCUT2D eigenvalue weighted by molar-refractivity contribution is 5.90. The number of alkyl halides is 3. The van der Waals surface area contributed by atoms with E-state index in [2.05, 4.69) is 24.6 Å². The zero-order valence-electron chi connectivity index (χ0n) is 16.2. The first-order valence-corrected chi connectivity index (χ1v) is 9.42. The van der Waals surface area contributed by atoms with Crippen LogP contribution < -0.4 is 5.73 Å². The summed E-state index contributed by atoms with van der Waals surface area (Å²) in [6, 6.07) is 19.0. The minimum atomic E-state index is -4.33. The molecule has 0 aliphatic carbocycles. The molecule has 0 amide bonds. The smallest absolute Gasteiger partial charge is 0.399 e. The van der Waals surface area contributed by atoms with Crippen LogP contribution in [0.1, 0.15) is 30.9 Å². The van der Waals surface area contributed by atoms with Gasteiger partial charge in [-0.15, -0.1) is 0 Å². The van der Waals surface area contributed by atoms with Gasteiger partial charge in [0, 0.05) is 23.0 Å². The number of aromatic nitrogens is 1. The molecule has 0 saturated heterocycles. The largest absolute Gasteiger partial charge is 0.416 e. The van der Waals surface area contributed by atoms with Crippen molar-refractivity contribution in [1.29, 1.82) is 0 Å². The first-order valence-electron chi connectivity index (χ1n) is 9.42. The van der Waals surface area contributed by atoms with E-state index in [4.69, 9.17) is 5.73 Å². The van der Waals surface area contributed by atoms with Crippen molar-refractivity contribution in [3.8, 4) is 16.8 Å². The molecule has 5 heteroatoms. The maximum absolute atomic E-state index is 12.9. The lowest BCUT2D eigenvalue weighted by molar-refractivity contribution is -0.137. The van der Waals surface area contributed by atoms with E-state index in [1.54, 1.807) is 0 Å². The topological polar surface area (TPSA) is 30.9 Å². The summed E-state index contributed by atoms with van der Waals surface area (Å²) in [6.45, 7) is 4.29. The standard InChI is InChI=1S/C24H21F3N2/c1-15(2)22-14-29(20-10-8-19(28)9-11-20)23-13-17(5-12-21(22)23)16-3-6-18(7-4-16)24(25,26)27/h3-15H,28H2,1-2H3. The molecular weight excluding hydrogens is 373 g/mol. The lowest BCUT2D eigenvalue weighted by Gasteiger charge is -2.10. The Morgan fingerprint density at radius 3 is 2.03 bits per heavy atom. The van der Waals surface area contributed by atoms with Crippen molar-refractivity contribution in [2.75, 3.05) is 5.73 Å². The van der Waals surface area contributed by atoms with Crippen LogP contribution in [0.2, 0.25) is 0 Å². The minimum absolute atomic E-state index is 0.337. The van der Waals surface area contributed by atoms with Crippen molar-refractivity contribution in [3.63, 3.8) is 0 Å². The van der Waals surface area contributed by atoms with Crippen molar-refractivity contribution in [2.45, 2.75) is 25.9 Å². The van der Waals surface area contributed by atoms with Crippen LogP contribution in [0.5, 0.6) is 0 Å². The third kappa shape index (κ3) is 3.60. The van der Waals surface area contributed by atoms with Crippen LogP contribution in [-0.4, -0.2) is 4.57 Å². The average molecular weight is 394 g/mol. The molecule has 0 bridgehead atoms. The molecule has 4 rings (SSSR count). The fourth-order valence-corrected chi connectivity index (χ4v) is 3.59. The van der Waals surface area contributed by atoms with Crippen molar-refractivity contribution in [1.82, 2.24) is 4.57 Å². The van der Waals surface area contributed by atoms with Crippen molar-refractivity contribution < 1.29 is 13.2 Å². The molecule has 1 heterocycles. The number of nitrogens with two attached hydrogens (primary N) is 1. The van der Waals surface area contributed by atoms with E-state index < -0.39 is 11.7 Å². The second-order valence-electron chi connectivity index (χ2n) is 7.51. The van der Waals surface area contributed by atoms with Crippen LogP contribution in [0.4, 0.5) is 18.9 Å². The van der Waals surface area contributed by atoms with Gasteiger partial charge in [0.05, 0.1) is 11.1 Å². The van der Waals surface area contributed by atoms with Gasteiger partial charge < -0.3 is 10.3 Å². The lowest BCUT2D eigenvalue weighted by atomic mass is 9.99. The number of halogens is 3. The van der Waals surface area contributed by atoms with E-state index in [0.717, 1.165) is 39.8 Å². The predicted octanol–water partition coefficient (Wildman–Crippen LogP) is 7.02. The molecule has 3 aromatic carbocycles. The molecule has 0 unspecified atom stereocenters. The summed E-state index contributed by atoms with van der Waals surface area (Å²) in [4.78, 5) is 0. The van der Waals surface area contributed by atoms with Gasteiger partial charge in [-0.05, 0) is 65.1 Å². The van der Waals surface area contributed by atoms with Gasteiger partial charge in [0.15, 0.2) is 0 Å². The van der Waals surface area contributed by atoms with Crippen LogP contribution in [0.15, 0.2) is 72.9 Å². The summed E-state index contributed by atoms with van der Waals surface area (Å²) in [5.74, 6) is 0.337. The summed E-state index contributed by atoms with van der Waals surface area (Å²) < 4.78 is 40.7. The van der Waals surface area contributed by atoms with E-state index in [1.807, 2.05) is 42.5 Å². The molecule has 0 aliphatic heterocycles. The summed E-state index contributed by atoms with van der Waals surface area (Å²) in [6.07, 6.45) is -2.21. The van der Waals surface area contributed by atoms with Gasteiger partial charge in [0.2, 0.25) is 0 Å². The maximum Gasteiger partial charge on any atom is 0.416 e. The third-order valence-corrected chi connectivity index (χ3v) is 5.18. The molecule has 0 radical (unpaired) electrons. The monoisotopic (exact) mass is 394 g/mol. The molecule has 2 nitrogen and oxygen atoms in total. The second-order valence-corrected chi connectivity index (χ2v) is 7.51. The van der Waals surface area contributed by atoms with Crippen LogP contribution in [0, 0.1) is 0 Å². The Morgan fingerprint density at radius 2 is 1.45 bits per heavy atom. The highest BCUT2D eigenvalue weighted by Crippen LogP contribution is 2.35. The van der Waals surface area contributed by atoms with Gasteiger partial charge in [0.1, 0.15) is 0 Å². The van der Waals surface area contributed by atoms with Gasteiger partial charge in [-0.1, -0.05) is 38.1 Å². The van der Waals surface area contributed by atoms with Crippen molar-refractivity contribution in [3.05, 3.63) is 84.1 Å². The summed E-state index contributed by atoms with van der Waals surface area (Å²) >= 11 is 0. The first kappa shape index (κ1) is 19.1. The zero-order valence-corrected chi connectivity index (χ0v) is 16.2. The number of hydrogen-bond acceptors (Lipinski definition) is 1. The lowest BCUT2D eigenvalue weighted by Crippen LogP contribution is -2.03. The SMILES string of the molecule is CC(C)c1cn(-c2ccc(N)cc2)c2cc(-c3ccc(C(F)(F)F)cc3)ccc12. The molecule has 0 aliphatic rings. The van der Waals surface area contributed by atoms with E-state index >= 15 is 0 Å². The van der Waals surface area contributed by atoms with E-state index in [0.29, 0.717) is 11.6 Å². The Morgan fingerprint density at radius 1 is 0.828 bits per heavy atom. The molecular formula is C24H21F3N2. The second kappa shape index (κ2) is 6.99. The molecule has 0 atom stereocenters. The average Bonchev–Trinajstić information content (AvgIpc) is 3.07. The molecule has 148 valence electrons. The maximum atomic E-state index is 12.9. The van der Waals surface area contributed by atoms with Crippen LogP contribution in [0.25, 0.3) is 27.7 Å². The van der Waals surface area contributed by atoms with Crippen LogP contribution in [-0.2, 0) is 6.18 Å². The van der Waals surface area contributed by atoms with Gasteiger partial charge in [-0.2, -0.15) is 13.2 Å². The van der Waals surface area contributed by atoms with Crippen molar-refractivity contribution in [2.24, 2.45) is 0 Å². The Kier molecular flexibility index (Phi) is 4.61. The third-order valence-electron chi connectivity index (χ3n) is 5.18. The van der Waals surface area contributed by atoms with Crippen LogP contribution >= 0.6 is 0 Å². The van der Waals surface area contributed by atoms with Crippen molar-refractivity contribution >= 4 is 16.6 Å². The normalized spacial score (nSPS) is 12.1. The fraction of sp³-hybridized carbons (Fsp3) is 0.167. The summed E-state index contributed by atoms with van der Waals surface area (Å²) in [5.41, 5.74) is 10.7. The number of rotatable bonds is 3. The highest BCUT2D eigenvalue weighted by Gasteiger charge is 2.30. The molecule has 0 spiro atoms. The quantitative estimate of drug-likeness (QED) is 0.372. The van der Waals surface area contributed by atoms with Gasteiger partial charge >= 0.3 is 6.18 Å². The summed E-state index contributed by atoms with van der Waals surface area (Å²) in [7, 11) is 0. The molecule has 29 heavy (non-hydrogen) atoms. The van der Waals surface area contributed by atoms with E-state index in [1.165, 1.54) is 17.7 Å². The van der Waals surface area contributed by atoms with Gasteiger partial charge in [-0.3, -0.25) is 0 Å². The molecule has 0 fully saturated rings. The Hall–Kier alpha value is -3.21. The Balaban J connectivity index is 1.86. The minimum Gasteiger partial charge on any atom is -0.399 e. The number of benzene rings is 3. The Labute approximate surface area is 167 Å². The highest BCUT2D eigenvalue weighted by atomic mass is 19.4. The number of hydrogen-bond donors (Lipinski definition) is 1. The number of nitrogen functional groups attached to an aromatic ring is 1. The number of anilines is 1. The zero-order chi connectivity index (χ0) is 20.8. The van der Waals surface area contributed by atoms with Gasteiger partial charge in [-0.25, -0.2) is 0 Å². The van der Waals surface area contributed by atoms with Crippen LogP contribution in [0.3, 0.4) is 0 Å². The molecule has 0 saturated carbocycles. The first-order chi connectivity index (χ1) is 13.7. The fourth-order valence-electron chi connectivity index (χ4n) is 3.59. The predicted molar refractivity (Wildman–Crippen MR) is 112 cm³/mol. The number of fused-ring (bicyclic) bond motifs is 1. The molecule has 1 aromatic heterocycles. The van der Waals surface area contributed by atoms with E-state index in [-0.39, 0.29) is 0 Å².